The first kappa shape index (κ1) is 18.1. The molecule has 0 unspecified atom stereocenters. The lowest BCUT2D eigenvalue weighted by atomic mass is 10.00. The molecule has 0 N–H and O–H groups in total. The molecule has 0 aromatic heterocycles. The fourth-order valence-corrected chi connectivity index (χ4v) is 3.51. The molecule has 2 heterocycles. The molecule has 1 aromatic rings. The molecule has 1 aromatic carbocycles. The molecule has 0 saturated carbocycles. The number of halogens is 2. The molecule has 7 heteroatoms. The summed E-state index contributed by atoms with van der Waals surface area (Å²) in [5.74, 6) is -0.0970. The Hall–Kier alpha value is -1.73. The number of amides is 1. The minimum Gasteiger partial charge on any atom is -0.435 e. The van der Waals surface area contributed by atoms with Gasteiger partial charge in [-0.25, -0.2) is 0 Å². The Kier molecular flexibility index (Phi) is 6.20. The van der Waals surface area contributed by atoms with Crippen molar-refractivity contribution >= 4 is 5.91 Å². The highest BCUT2D eigenvalue weighted by atomic mass is 19.3. The third kappa shape index (κ3) is 4.89. The maximum absolute atomic E-state index is 12.9. The summed E-state index contributed by atoms with van der Waals surface area (Å²) in [6, 6.07) is 6.21. The molecule has 1 amide bonds. The van der Waals surface area contributed by atoms with Crippen molar-refractivity contribution in [3.63, 3.8) is 0 Å². The van der Waals surface area contributed by atoms with E-state index in [1.165, 1.54) is 12.1 Å². The molecule has 2 saturated heterocycles. The van der Waals surface area contributed by atoms with Crippen LogP contribution in [-0.4, -0.2) is 67.8 Å². The van der Waals surface area contributed by atoms with Crippen LogP contribution < -0.4 is 4.74 Å². The summed E-state index contributed by atoms with van der Waals surface area (Å²) < 4.78 is 34.6. The minimum absolute atomic E-state index is 0.0163. The average molecular weight is 354 g/mol. The fraction of sp³-hybridized carbons (Fsp3) is 0.611. The number of morpholine rings is 1. The van der Waals surface area contributed by atoms with Gasteiger partial charge in [0.2, 0.25) is 0 Å². The normalized spacial score (nSPS) is 22.2. The van der Waals surface area contributed by atoms with Gasteiger partial charge in [0.15, 0.2) is 0 Å². The van der Waals surface area contributed by atoms with Crippen LogP contribution in [0.1, 0.15) is 29.6 Å². The standard InChI is InChI=1S/C18H24F2N2O3/c19-18(20)25-16-6-3-4-14(12-16)17(23)22-7-2-1-5-15(22)13-21-8-10-24-11-9-21/h3-4,6,12,15,18H,1-2,5,7-11,13H2/t15-/m1/s1. The third-order valence-electron chi connectivity index (χ3n) is 4.77. The third-order valence-corrected chi connectivity index (χ3v) is 4.77. The Morgan fingerprint density at radius 2 is 2.04 bits per heavy atom. The number of likely N-dealkylation sites (tertiary alicyclic amines) is 1. The van der Waals surface area contributed by atoms with Gasteiger partial charge in [-0.1, -0.05) is 6.07 Å². The minimum atomic E-state index is -2.89. The predicted octanol–water partition coefficient (Wildman–Crippen LogP) is 2.61. The number of nitrogens with zero attached hydrogens (tertiary/aromatic N) is 2. The van der Waals surface area contributed by atoms with Gasteiger partial charge in [0, 0.05) is 37.8 Å². The van der Waals surface area contributed by atoms with E-state index in [0.29, 0.717) is 12.1 Å². The molecule has 2 aliphatic heterocycles. The smallest absolute Gasteiger partial charge is 0.387 e. The van der Waals surface area contributed by atoms with E-state index in [0.717, 1.165) is 52.1 Å². The van der Waals surface area contributed by atoms with Crippen molar-refractivity contribution in [2.24, 2.45) is 0 Å². The van der Waals surface area contributed by atoms with Crippen LogP contribution in [0.2, 0.25) is 0 Å². The van der Waals surface area contributed by atoms with Gasteiger partial charge in [-0.05, 0) is 37.5 Å². The van der Waals surface area contributed by atoms with E-state index in [1.54, 1.807) is 12.1 Å². The Bertz CT molecular complexity index is 579. The van der Waals surface area contributed by atoms with Crippen LogP contribution in [0.25, 0.3) is 0 Å². The van der Waals surface area contributed by atoms with Crippen LogP contribution in [0.3, 0.4) is 0 Å². The predicted molar refractivity (Wildman–Crippen MR) is 89.0 cm³/mol. The molecule has 0 bridgehead atoms. The van der Waals surface area contributed by atoms with Crippen molar-refractivity contribution < 1.29 is 23.0 Å². The zero-order chi connectivity index (χ0) is 17.6. The second-order valence-electron chi connectivity index (χ2n) is 6.47. The van der Waals surface area contributed by atoms with Crippen molar-refractivity contribution in [1.29, 1.82) is 0 Å². The van der Waals surface area contributed by atoms with E-state index in [-0.39, 0.29) is 17.7 Å². The second kappa shape index (κ2) is 8.58. The van der Waals surface area contributed by atoms with E-state index in [9.17, 15) is 13.6 Å². The molecule has 25 heavy (non-hydrogen) atoms. The topological polar surface area (TPSA) is 42.0 Å². The van der Waals surface area contributed by atoms with Gasteiger partial charge in [0.1, 0.15) is 5.75 Å². The van der Waals surface area contributed by atoms with Crippen molar-refractivity contribution in [1.82, 2.24) is 9.80 Å². The number of carbonyl (C=O) groups is 1. The molecule has 138 valence electrons. The summed E-state index contributed by atoms with van der Waals surface area (Å²) in [5.41, 5.74) is 0.395. The van der Waals surface area contributed by atoms with E-state index < -0.39 is 6.61 Å². The summed E-state index contributed by atoms with van der Waals surface area (Å²) in [6.07, 6.45) is 3.04. The molecule has 2 fully saturated rings. The van der Waals surface area contributed by atoms with Crippen molar-refractivity contribution in [3.8, 4) is 5.75 Å². The number of rotatable bonds is 5. The average Bonchev–Trinajstić information content (AvgIpc) is 2.62. The Labute approximate surface area is 146 Å². The van der Waals surface area contributed by atoms with Crippen LogP contribution in [0.5, 0.6) is 5.75 Å². The molecule has 2 aliphatic rings. The monoisotopic (exact) mass is 354 g/mol. The van der Waals surface area contributed by atoms with E-state index in [2.05, 4.69) is 9.64 Å². The summed E-state index contributed by atoms with van der Waals surface area (Å²) in [6.45, 7) is 1.87. The number of alkyl halides is 2. The number of piperidine rings is 1. The molecule has 0 aliphatic carbocycles. The first-order valence-corrected chi connectivity index (χ1v) is 8.79. The van der Waals surface area contributed by atoms with Crippen LogP contribution in [0.15, 0.2) is 24.3 Å². The molecule has 0 radical (unpaired) electrons. The lowest BCUT2D eigenvalue weighted by Crippen LogP contribution is -2.51. The lowest BCUT2D eigenvalue weighted by molar-refractivity contribution is -0.0499. The summed E-state index contributed by atoms with van der Waals surface area (Å²) in [7, 11) is 0. The van der Waals surface area contributed by atoms with Crippen LogP contribution in [-0.2, 0) is 4.74 Å². The highest BCUT2D eigenvalue weighted by molar-refractivity contribution is 5.94. The van der Waals surface area contributed by atoms with Gasteiger partial charge in [0.05, 0.1) is 13.2 Å². The van der Waals surface area contributed by atoms with Gasteiger partial charge >= 0.3 is 6.61 Å². The summed E-state index contributed by atoms with van der Waals surface area (Å²) in [5, 5.41) is 0. The van der Waals surface area contributed by atoms with Gasteiger partial charge in [-0.2, -0.15) is 8.78 Å². The van der Waals surface area contributed by atoms with Gasteiger partial charge in [-0.15, -0.1) is 0 Å². The maximum Gasteiger partial charge on any atom is 0.387 e. The van der Waals surface area contributed by atoms with Crippen molar-refractivity contribution in [3.05, 3.63) is 29.8 Å². The lowest BCUT2D eigenvalue weighted by Gasteiger charge is -2.39. The van der Waals surface area contributed by atoms with Crippen LogP contribution in [0.4, 0.5) is 8.78 Å². The highest BCUT2D eigenvalue weighted by Gasteiger charge is 2.29. The second-order valence-corrected chi connectivity index (χ2v) is 6.47. The van der Waals surface area contributed by atoms with Crippen molar-refractivity contribution in [2.45, 2.75) is 31.9 Å². The molecular weight excluding hydrogens is 330 g/mol. The Balaban J connectivity index is 1.69. The fourth-order valence-electron chi connectivity index (χ4n) is 3.51. The first-order valence-electron chi connectivity index (χ1n) is 8.79. The SMILES string of the molecule is O=C(c1cccc(OC(F)F)c1)N1CCCC[C@@H]1CN1CCOCC1. The van der Waals surface area contributed by atoms with Crippen LogP contribution >= 0.6 is 0 Å². The van der Waals surface area contributed by atoms with E-state index in [1.807, 2.05) is 4.90 Å². The Morgan fingerprint density at radius 1 is 1.24 bits per heavy atom. The van der Waals surface area contributed by atoms with E-state index in [4.69, 9.17) is 4.74 Å². The van der Waals surface area contributed by atoms with Crippen molar-refractivity contribution in [2.75, 3.05) is 39.4 Å². The number of hydrogen-bond acceptors (Lipinski definition) is 4. The quantitative estimate of drug-likeness (QED) is 0.815. The maximum atomic E-state index is 12.9. The number of carbonyl (C=O) groups excluding carboxylic acids is 1. The molecule has 0 spiro atoms. The Morgan fingerprint density at radius 3 is 2.80 bits per heavy atom. The summed E-state index contributed by atoms with van der Waals surface area (Å²) in [4.78, 5) is 17.1. The van der Waals surface area contributed by atoms with Crippen LogP contribution in [0, 0.1) is 0 Å². The van der Waals surface area contributed by atoms with E-state index >= 15 is 0 Å². The van der Waals surface area contributed by atoms with Gasteiger partial charge in [0.25, 0.3) is 5.91 Å². The largest absolute Gasteiger partial charge is 0.435 e. The number of benzene rings is 1. The van der Waals surface area contributed by atoms with Gasteiger partial charge in [-0.3, -0.25) is 9.69 Å². The first-order chi connectivity index (χ1) is 12.1. The molecule has 3 rings (SSSR count). The zero-order valence-electron chi connectivity index (χ0n) is 14.2. The highest BCUT2D eigenvalue weighted by Crippen LogP contribution is 2.23. The molecular formula is C18H24F2N2O3. The molecule has 5 nitrogen and oxygen atoms in total. The molecule has 1 atom stereocenters. The number of hydrogen-bond donors (Lipinski definition) is 0. The summed E-state index contributed by atoms with van der Waals surface area (Å²) >= 11 is 0. The van der Waals surface area contributed by atoms with Gasteiger partial charge < -0.3 is 14.4 Å². The number of ether oxygens (including phenoxy) is 2. The zero-order valence-corrected chi connectivity index (χ0v) is 14.2.